The van der Waals surface area contributed by atoms with Crippen molar-refractivity contribution in [2.45, 2.75) is 33.3 Å². The summed E-state index contributed by atoms with van der Waals surface area (Å²) in [5.74, 6) is 0.605. The number of nitrogens with zero attached hydrogens (tertiary/aromatic N) is 1. The van der Waals surface area contributed by atoms with Gasteiger partial charge in [-0.15, -0.1) is 0 Å². The SMILES string of the molecule is COC(=O)n1c(C)cc2c(Cl)c(OC(C)(C)C)ccc21. The first kappa shape index (κ1) is 14.7. The van der Waals surface area contributed by atoms with Gasteiger partial charge in [-0.1, -0.05) is 11.6 Å². The first-order chi connectivity index (χ1) is 9.24. The molecule has 0 aliphatic rings. The Labute approximate surface area is 123 Å². The summed E-state index contributed by atoms with van der Waals surface area (Å²) in [6, 6.07) is 5.44. The highest BCUT2D eigenvalue weighted by molar-refractivity contribution is 6.37. The van der Waals surface area contributed by atoms with Gasteiger partial charge in [-0.05, 0) is 45.9 Å². The van der Waals surface area contributed by atoms with E-state index in [1.165, 1.54) is 11.7 Å². The van der Waals surface area contributed by atoms with Gasteiger partial charge in [0.05, 0.1) is 17.6 Å². The Balaban J connectivity index is 2.61. The Bertz CT molecular complexity index is 668. The van der Waals surface area contributed by atoms with E-state index >= 15 is 0 Å². The summed E-state index contributed by atoms with van der Waals surface area (Å²) >= 11 is 6.39. The fourth-order valence-electron chi connectivity index (χ4n) is 2.10. The molecule has 20 heavy (non-hydrogen) atoms. The molecule has 1 heterocycles. The highest BCUT2D eigenvalue weighted by Gasteiger charge is 2.19. The standard InChI is InChI=1S/C15H18ClNO3/c1-9-8-10-11(17(9)14(18)19-5)6-7-12(13(10)16)20-15(2,3)4/h6-8H,1-5H3. The molecule has 0 saturated heterocycles. The average molecular weight is 296 g/mol. The summed E-state index contributed by atoms with van der Waals surface area (Å²) in [6.07, 6.45) is -0.432. The van der Waals surface area contributed by atoms with Crippen molar-refractivity contribution >= 4 is 28.6 Å². The number of rotatable bonds is 1. The Morgan fingerprint density at radius 3 is 2.50 bits per heavy atom. The average Bonchev–Trinajstić information content (AvgIpc) is 2.68. The van der Waals surface area contributed by atoms with Crippen LogP contribution in [-0.2, 0) is 4.74 Å². The van der Waals surface area contributed by atoms with Crippen LogP contribution < -0.4 is 4.74 Å². The lowest BCUT2D eigenvalue weighted by molar-refractivity contribution is 0.131. The zero-order valence-corrected chi connectivity index (χ0v) is 13.0. The molecule has 0 aliphatic heterocycles. The van der Waals surface area contributed by atoms with E-state index in [1.807, 2.05) is 39.8 Å². The van der Waals surface area contributed by atoms with Crippen LogP contribution in [0.1, 0.15) is 26.5 Å². The van der Waals surface area contributed by atoms with Gasteiger partial charge in [0.1, 0.15) is 11.4 Å². The van der Waals surface area contributed by atoms with Crippen LogP contribution in [0.15, 0.2) is 18.2 Å². The van der Waals surface area contributed by atoms with E-state index in [1.54, 1.807) is 6.07 Å². The molecule has 108 valence electrons. The third-order valence-electron chi connectivity index (χ3n) is 2.84. The van der Waals surface area contributed by atoms with Crippen LogP contribution in [0, 0.1) is 6.92 Å². The number of halogens is 1. The smallest absolute Gasteiger partial charge is 0.418 e. The molecule has 5 heteroatoms. The van der Waals surface area contributed by atoms with Gasteiger partial charge in [-0.25, -0.2) is 9.36 Å². The number of benzene rings is 1. The van der Waals surface area contributed by atoms with E-state index in [9.17, 15) is 4.79 Å². The Morgan fingerprint density at radius 1 is 1.30 bits per heavy atom. The third-order valence-corrected chi connectivity index (χ3v) is 3.23. The van der Waals surface area contributed by atoms with Crippen molar-refractivity contribution in [3.05, 3.63) is 28.9 Å². The Kier molecular flexibility index (Phi) is 3.69. The van der Waals surface area contributed by atoms with Gasteiger partial charge in [0, 0.05) is 11.1 Å². The van der Waals surface area contributed by atoms with Gasteiger partial charge in [0.2, 0.25) is 0 Å². The van der Waals surface area contributed by atoms with Crippen LogP contribution in [0.25, 0.3) is 10.9 Å². The normalized spacial score (nSPS) is 11.7. The van der Waals surface area contributed by atoms with Crippen molar-refractivity contribution in [2.24, 2.45) is 0 Å². The van der Waals surface area contributed by atoms with Crippen molar-refractivity contribution < 1.29 is 14.3 Å². The minimum atomic E-state index is -0.432. The monoisotopic (exact) mass is 295 g/mol. The van der Waals surface area contributed by atoms with E-state index in [0.29, 0.717) is 16.3 Å². The molecule has 0 atom stereocenters. The molecule has 0 bridgehead atoms. The Morgan fingerprint density at radius 2 is 1.95 bits per heavy atom. The minimum Gasteiger partial charge on any atom is -0.487 e. The van der Waals surface area contributed by atoms with Gasteiger partial charge < -0.3 is 9.47 Å². The molecule has 4 nitrogen and oxygen atoms in total. The van der Waals surface area contributed by atoms with Crippen LogP contribution >= 0.6 is 11.6 Å². The molecule has 0 unspecified atom stereocenters. The molecule has 0 amide bonds. The second-order valence-corrected chi connectivity index (χ2v) is 5.99. The van der Waals surface area contributed by atoms with Crippen molar-refractivity contribution in [3.8, 4) is 5.75 Å². The number of carbonyl (C=O) groups is 1. The molecular weight excluding hydrogens is 278 g/mol. The summed E-state index contributed by atoms with van der Waals surface area (Å²) in [4.78, 5) is 11.8. The highest BCUT2D eigenvalue weighted by atomic mass is 35.5. The summed E-state index contributed by atoms with van der Waals surface area (Å²) in [5, 5.41) is 1.28. The number of hydrogen-bond donors (Lipinski definition) is 0. The second-order valence-electron chi connectivity index (χ2n) is 5.62. The third kappa shape index (κ3) is 2.61. The molecule has 2 aromatic rings. The summed E-state index contributed by atoms with van der Waals surface area (Å²) in [5.41, 5.74) is 1.14. The van der Waals surface area contributed by atoms with Crippen LogP contribution in [0.3, 0.4) is 0 Å². The van der Waals surface area contributed by atoms with Crippen molar-refractivity contribution in [1.82, 2.24) is 4.57 Å². The maximum absolute atomic E-state index is 11.8. The first-order valence-electron chi connectivity index (χ1n) is 6.32. The number of carbonyl (C=O) groups excluding carboxylic acids is 1. The number of ether oxygens (including phenoxy) is 2. The lowest BCUT2D eigenvalue weighted by Gasteiger charge is -2.22. The zero-order valence-electron chi connectivity index (χ0n) is 12.3. The van der Waals surface area contributed by atoms with E-state index in [4.69, 9.17) is 21.1 Å². The maximum Gasteiger partial charge on any atom is 0.418 e. The molecule has 0 aliphatic carbocycles. The second kappa shape index (κ2) is 5.02. The molecule has 1 aromatic carbocycles. The maximum atomic E-state index is 11.8. The van der Waals surface area contributed by atoms with Crippen LogP contribution in [0.5, 0.6) is 5.75 Å². The molecule has 0 radical (unpaired) electrons. The van der Waals surface area contributed by atoms with Gasteiger partial charge in [0.15, 0.2) is 0 Å². The van der Waals surface area contributed by atoms with Crippen molar-refractivity contribution in [1.29, 1.82) is 0 Å². The Hall–Kier alpha value is -1.68. The highest BCUT2D eigenvalue weighted by Crippen LogP contribution is 2.36. The number of hydrogen-bond acceptors (Lipinski definition) is 3. The molecule has 0 spiro atoms. The van der Waals surface area contributed by atoms with Gasteiger partial charge in [-0.3, -0.25) is 0 Å². The summed E-state index contributed by atoms with van der Waals surface area (Å²) < 4.78 is 12.1. The van der Waals surface area contributed by atoms with Crippen LogP contribution in [0.2, 0.25) is 5.02 Å². The number of methoxy groups -OCH3 is 1. The van der Waals surface area contributed by atoms with Gasteiger partial charge >= 0.3 is 6.09 Å². The lowest BCUT2D eigenvalue weighted by atomic mass is 10.2. The number of aryl methyl sites for hydroxylation is 1. The van der Waals surface area contributed by atoms with Crippen molar-refractivity contribution in [2.75, 3.05) is 7.11 Å². The number of fused-ring (bicyclic) bond motifs is 1. The quantitative estimate of drug-likeness (QED) is 0.783. The predicted molar refractivity (Wildman–Crippen MR) is 79.9 cm³/mol. The summed E-state index contributed by atoms with van der Waals surface area (Å²) in [7, 11) is 1.35. The van der Waals surface area contributed by atoms with Crippen LogP contribution in [0.4, 0.5) is 4.79 Å². The predicted octanol–water partition coefficient (Wildman–Crippen LogP) is 4.39. The van der Waals surface area contributed by atoms with Gasteiger partial charge in [-0.2, -0.15) is 0 Å². The van der Waals surface area contributed by atoms with E-state index < -0.39 is 6.09 Å². The molecule has 0 fully saturated rings. The van der Waals surface area contributed by atoms with Crippen molar-refractivity contribution in [3.63, 3.8) is 0 Å². The molecular formula is C15H18ClNO3. The van der Waals surface area contributed by atoms with E-state index in [-0.39, 0.29) is 5.60 Å². The van der Waals surface area contributed by atoms with E-state index in [0.717, 1.165) is 11.1 Å². The minimum absolute atomic E-state index is 0.336. The zero-order chi connectivity index (χ0) is 15.1. The molecule has 2 rings (SSSR count). The fourth-order valence-corrected chi connectivity index (χ4v) is 2.35. The van der Waals surface area contributed by atoms with Gasteiger partial charge in [0.25, 0.3) is 0 Å². The molecule has 0 saturated carbocycles. The fraction of sp³-hybridized carbons (Fsp3) is 0.400. The first-order valence-corrected chi connectivity index (χ1v) is 6.70. The number of aromatic nitrogens is 1. The molecule has 0 N–H and O–H groups in total. The lowest BCUT2D eigenvalue weighted by Crippen LogP contribution is -2.23. The van der Waals surface area contributed by atoms with E-state index in [2.05, 4.69) is 0 Å². The van der Waals surface area contributed by atoms with Crippen LogP contribution in [-0.4, -0.2) is 23.4 Å². The molecule has 1 aromatic heterocycles. The largest absolute Gasteiger partial charge is 0.487 e. The topological polar surface area (TPSA) is 40.5 Å². The summed E-state index contributed by atoms with van der Waals surface area (Å²) in [6.45, 7) is 7.70.